The van der Waals surface area contributed by atoms with Crippen LogP contribution in [0.3, 0.4) is 0 Å². The number of aromatic nitrogens is 1. The summed E-state index contributed by atoms with van der Waals surface area (Å²) in [5, 5.41) is 0. The fourth-order valence-electron chi connectivity index (χ4n) is 3.73. The predicted octanol–water partition coefficient (Wildman–Crippen LogP) is 3.40. The van der Waals surface area contributed by atoms with Gasteiger partial charge in [0.2, 0.25) is 0 Å². The summed E-state index contributed by atoms with van der Waals surface area (Å²) in [6, 6.07) is 12.8. The van der Waals surface area contributed by atoms with Crippen LogP contribution in [0.15, 0.2) is 42.6 Å². The van der Waals surface area contributed by atoms with Crippen molar-refractivity contribution in [1.29, 1.82) is 0 Å². The molecular weight excluding hydrogens is 286 g/mol. The summed E-state index contributed by atoms with van der Waals surface area (Å²) in [5.74, 6) is 0.0597. The Hall–Kier alpha value is -2.36. The quantitative estimate of drug-likeness (QED) is 0.853. The van der Waals surface area contributed by atoms with Gasteiger partial charge in [0.15, 0.2) is 0 Å². The molecule has 0 aliphatic carbocycles. The first-order valence-electron chi connectivity index (χ1n) is 8.36. The van der Waals surface area contributed by atoms with E-state index in [-0.39, 0.29) is 5.91 Å². The minimum absolute atomic E-state index is 0.0597. The summed E-state index contributed by atoms with van der Waals surface area (Å²) in [7, 11) is 0. The van der Waals surface area contributed by atoms with Crippen molar-refractivity contribution in [2.24, 2.45) is 0 Å². The molecule has 4 rings (SSSR count). The lowest BCUT2D eigenvalue weighted by atomic mass is 10.1. The molecule has 1 atom stereocenters. The average molecular weight is 307 g/mol. The van der Waals surface area contributed by atoms with Crippen LogP contribution >= 0.6 is 0 Å². The number of hydrogen-bond donors (Lipinski definition) is 0. The highest BCUT2D eigenvalue weighted by Crippen LogP contribution is 2.38. The van der Waals surface area contributed by atoms with Crippen molar-refractivity contribution in [2.75, 3.05) is 18.0 Å². The molecule has 1 aromatic heterocycles. The number of benzene rings is 1. The van der Waals surface area contributed by atoms with Crippen molar-refractivity contribution in [3.05, 3.63) is 53.9 Å². The number of pyridine rings is 1. The summed E-state index contributed by atoms with van der Waals surface area (Å²) in [6.45, 7) is 3.93. The summed E-state index contributed by atoms with van der Waals surface area (Å²) in [5.41, 5.74) is 4.22. The number of carbonyl (C=O) groups excluding carboxylic acids is 1. The molecule has 1 aromatic carbocycles. The number of carbonyl (C=O) groups is 1. The molecule has 1 unspecified atom stereocenters. The maximum Gasteiger partial charge on any atom is 0.272 e. The Morgan fingerprint density at radius 2 is 1.96 bits per heavy atom. The minimum atomic E-state index is 0.0597. The summed E-state index contributed by atoms with van der Waals surface area (Å²) < 4.78 is 0. The summed E-state index contributed by atoms with van der Waals surface area (Å²) >= 11 is 0. The lowest BCUT2D eigenvalue weighted by Crippen LogP contribution is -2.29. The molecule has 1 saturated heterocycles. The van der Waals surface area contributed by atoms with E-state index in [4.69, 9.17) is 0 Å². The molecule has 0 radical (unpaired) electrons. The first kappa shape index (κ1) is 14.2. The van der Waals surface area contributed by atoms with E-state index < -0.39 is 0 Å². The molecule has 118 valence electrons. The second-order valence-electron chi connectivity index (χ2n) is 6.45. The third-order valence-corrected chi connectivity index (χ3v) is 4.84. The molecule has 2 aliphatic rings. The zero-order valence-electron chi connectivity index (χ0n) is 13.4. The Morgan fingerprint density at radius 3 is 2.78 bits per heavy atom. The van der Waals surface area contributed by atoms with Crippen molar-refractivity contribution in [2.45, 2.75) is 32.2 Å². The van der Waals surface area contributed by atoms with Gasteiger partial charge in [-0.3, -0.25) is 9.78 Å². The topological polar surface area (TPSA) is 36.4 Å². The van der Waals surface area contributed by atoms with Gasteiger partial charge in [0.25, 0.3) is 5.91 Å². The van der Waals surface area contributed by atoms with E-state index in [0.29, 0.717) is 11.7 Å². The number of para-hydroxylation sites is 1. The lowest BCUT2D eigenvalue weighted by molar-refractivity contribution is 0.0787. The van der Waals surface area contributed by atoms with Crippen LogP contribution in [0.1, 0.15) is 35.8 Å². The SMILES string of the molecule is CC1Cc2ccccc2N1c1ccnc(C(=O)N2CCCC2)c1. The zero-order chi connectivity index (χ0) is 15.8. The molecule has 3 heterocycles. The maximum atomic E-state index is 12.6. The molecule has 0 N–H and O–H groups in total. The van der Waals surface area contributed by atoms with E-state index >= 15 is 0 Å². The number of anilines is 2. The number of nitrogens with zero attached hydrogens (tertiary/aromatic N) is 3. The molecule has 1 amide bonds. The molecule has 23 heavy (non-hydrogen) atoms. The molecule has 1 fully saturated rings. The van der Waals surface area contributed by atoms with E-state index in [0.717, 1.165) is 38.0 Å². The molecule has 2 aromatic rings. The minimum Gasteiger partial charge on any atom is -0.338 e. The lowest BCUT2D eigenvalue weighted by Gasteiger charge is -2.25. The van der Waals surface area contributed by atoms with Crippen molar-refractivity contribution in [1.82, 2.24) is 9.88 Å². The Kier molecular flexibility index (Phi) is 3.52. The van der Waals surface area contributed by atoms with Crippen molar-refractivity contribution >= 4 is 17.3 Å². The zero-order valence-corrected chi connectivity index (χ0v) is 13.4. The third kappa shape index (κ3) is 2.48. The second-order valence-corrected chi connectivity index (χ2v) is 6.45. The average Bonchev–Trinajstić information content (AvgIpc) is 3.21. The monoisotopic (exact) mass is 307 g/mol. The highest BCUT2D eigenvalue weighted by molar-refractivity contribution is 5.93. The van der Waals surface area contributed by atoms with Crippen molar-refractivity contribution in [3.63, 3.8) is 0 Å². The normalized spacial score (nSPS) is 20.0. The van der Waals surface area contributed by atoms with Gasteiger partial charge in [0.1, 0.15) is 5.69 Å². The Bertz CT molecular complexity index is 737. The van der Waals surface area contributed by atoms with Gasteiger partial charge >= 0.3 is 0 Å². The first-order chi connectivity index (χ1) is 11.2. The van der Waals surface area contributed by atoms with Crippen LogP contribution in [0, 0.1) is 0 Å². The molecule has 2 aliphatic heterocycles. The Balaban J connectivity index is 1.67. The molecular formula is C19H21N3O. The number of fused-ring (bicyclic) bond motifs is 1. The number of hydrogen-bond acceptors (Lipinski definition) is 3. The fourth-order valence-corrected chi connectivity index (χ4v) is 3.73. The third-order valence-electron chi connectivity index (χ3n) is 4.84. The van der Waals surface area contributed by atoms with E-state index in [1.54, 1.807) is 6.20 Å². The van der Waals surface area contributed by atoms with Crippen LogP contribution in [-0.4, -0.2) is 34.9 Å². The summed E-state index contributed by atoms with van der Waals surface area (Å²) in [6.07, 6.45) is 4.99. The smallest absolute Gasteiger partial charge is 0.272 e. The van der Waals surface area contributed by atoms with E-state index in [2.05, 4.69) is 41.1 Å². The second kappa shape index (κ2) is 5.69. The van der Waals surface area contributed by atoms with E-state index in [9.17, 15) is 4.79 Å². The van der Waals surface area contributed by atoms with Crippen LogP contribution in [-0.2, 0) is 6.42 Å². The van der Waals surface area contributed by atoms with Gasteiger partial charge in [-0.1, -0.05) is 18.2 Å². The molecule has 0 spiro atoms. The van der Waals surface area contributed by atoms with Gasteiger partial charge < -0.3 is 9.80 Å². The van der Waals surface area contributed by atoms with Crippen molar-refractivity contribution in [3.8, 4) is 0 Å². The van der Waals surface area contributed by atoms with E-state index in [1.807, 2.05) is 17.0 Å². The summed E-state index contributed by atoms with van der Waals surface area (Å²) in [4.78, 5) is 21.1. The van der Waals surface area contributed by atoms with Crippen LogP contribution < -0.4 is 4.90 Å². The Morgan fingerprint density at radius 1 is 1.17 bits per heavy atom. The van der Waals surface area contributed by atoms with Gasteiger partial charge in [-0.25, -0.2) is 0 Å². The van der Waals surface area contributed by atoms with Crippen LogP contribution in [0.25, 0.3) is 0 Å². The largest absolute Gasteiger partial charge is 0.338 e. The number of rotatable bonds is 2. The molecule has 0 bridgehead atoms. The van der Waals surface area contributed by atoms with Crippen molar-refractivity contribution < 1.29 is 4.79 Å². The van der Waals surface area contributed by atoms with Gasteiger partial charge in [0.05, 0.1) is 0 Å². The Labute approximate surface area is 136 Å². The number of likely N-dealkylation sites (tertiary alicyclic amines) is 1. The van der Waals surface area contributed by atoms with Gasteiger partial charge in [-0.15, -0.1) is 0 Å². The van der Waals surface area contributed by atoms with Crippen LogP contribution in [0.4, 0.5) is 11.4 Å². The maximum absolute atomic E-state index is 12.6. The van der Waals surface area contributed by atoms with Crippen LogP contribution in [0.2, 0.25) is 0 Å². The standard InChI is InChI=1S/C19H21N3O/c1-14-12-15-6-2-3-7-18(15)22(14)16-8-9-20-17(13-16)19(23)21-10-4-5-11-21/h2-3,6-9,13-14H,4-5,10-12H2,1H3. The highest BCUT2D eigenvalue weighted by atomic mass is 16.2. The molecule has 4 heteroatoms. The van der Waals surface area contributed by atoms with E-state index in [1.165, 1.54) is 11.3 Å². The van der Waals surface area contributed by atoms with Gasteiger partial charge in [-0.2, -0.15) is 0 Å². The molecule has 0 saturated carbocycles. The van der Waals surface area contributed by atoms with Crippen LogP contribution in [0.5, 0.6) is 0 Å². The van der Waals surface area contributed by atoms with Gasteiger partial charge in [0, 0.05) is 36.7 Å². The predicted molar refractivity (Wildman–Crippen MR) is 91.1 cm³/mol. The number of amides is 1. The van der Waals surface area contributed by atoms with Gasteiger partial charge in [-0.05, 0) is 49.9 Å². The first-order valence-corrected chi connectivity index (χ1v) is 8.36. The molecule has 4 nitrogen and oxygen atoms in total. The highest BCUT2D eigenvalue weighted by Gasteiger charge is 2.28. The fraction of sp³-hybridized carbons (Fsp3) is 0.368.